The van der Waals surface area contributed by atoms with Crippen LogP contribution in [0.15, 0.2) is 53.1 Å². The van der Waals surface area contributed by atoms with E-state index in [0.29, 0.717) is 37.0 Å². The Bertz CT molecular complexity index is 1000. The van der Waals surface area contributed by atoms with Gasteiger partial charge in [0, 0.05) is 13.0 Å². The van der Waals surface area contributed by atoms with Gasteiger partial charge in [-0.3, -0.25) is 4.79 Å². The highest BCUT2D eigenvalue weighted by Gasteiger charge is 2.37. The van der Waals surface area contributed by atoms with E-state index >= 15 is 0 Å². The third-order valence-electron chi connectivity index (χ3n) is 5.20. The maximum Gasteiger partial charge on any atom is 0.232 e. The zero-order valence-corrected chi connectivity index (χ0v) is 16.3. The van der Waals surface area contributed by atoms with Crippen molar-refractivity contribution in [3.8, 4) is 17.1 Å². The van der Waals surface area contributed by atoms with E-state index in [-0.39, 0.29) is 23.7 Å². The van der Waals surface area contributed by atoms with E-state index in [1.807, 2.05) is 38.1 Å². The molecule has 29 heavy (non-hydrogen) atoms. The fourth-order valence-corrected chi connectivity index (χ4v) is 3.64. The number of amides is 1. The molecule has 3 aromatic rings. The van der Waals surface area contributed by atoms with Crippen LogP contribution in [0, 0.1) is 5.82 Å². The average molecular weight is 395 g/mol. The number of rotatable bonds is 6. The predicted molar refractivity (Wildman–Crippen MR) is 105 cm³/mol. The molecule has 6 nitrogen and oxygen atoms in total. The molecule has 7 heteroatoms. The molecule has 0 saturated carbocycles. The number of carbonyl (C=O) groups excluding carboxylic acids is 1. The topological polar surface area (TPSA) is 68.5 Å². The Balaban J connectivity index is 1.52. The monoisotopic (exact) mass is 395 g/mol. The zero-order chi connectivity index (χ0) is 20.4. The largest absolute Gasteiger partial charge is 0.493 e. The molecule has 1 aromatic heterocycles. The molecule has 0 aliphatic carbocycles. The van der Waals surface area contributed by atoms with E-state index in [1.54, 1.807) is 17.0 Å². The smallest absolute Gasteiger partial charge is 0.232 e. The van der Waals surface area contributed by atoms with E-state index in [4.69, 9.17) is 9.26 Å². The molecule has 0 bridgehead atoms. The summed E-state index contributed by atoms with van der Waals surface area (Å²) in [6, 6.07) is 13.6. The van der Waals surface area contributed by atoms with Crippen molar-refractivity contribution < 1.29 is 18.4 Å². The first kappa shape index (κ1) is 19.1. The number of benzene rings is 2. The minimum absolute atomic E-state index is 0.0151. The van der Waals surface area contributed by atoms with Crippen LogP contribution < -0.4 is 4.74 Å². The Kier molecular flexibility index (Phi) is 5.29. The summed E-state index contributed by atoms with van der Waals surface area (Å²) in [5, 5.41) is 4.10. The van der Waals surface area contributed by atoms with E-state index in [0.717, 1.165) is 11.1 Å². The van der Waals surface area contributed by atoms with Crippen LogP contribution in [0.4, 0.5) is 4.39 Å². The summed E-state index contributed by atoms with van der Waals surface area (Å²) in [5.74, 6) is 1.12. The van der Waals surface area contributed by atoms with Gasteiger partial charge in [0.1, 0.15) is 11.6 Å². The summed E-state index contributed by atoms with van der Waals surface area (Å²) in [6.07, 6.45) is 0.306. The lowest BCUT2D eigenvalue weighted by Gasteiger charge is -2.25. The quantitative estimate of drug-likeness (QED) is 0.621. The molecule has 1 saturated heterocycles. The molecule has 2 unspecified atom stereocenters. The van der Waals surface area contributed by atoms with Crippen LogP contribution in [0.25, 0.3) is 11.4 Å². The van der Waals surface area contributed by atoms with Gasteiger partial charge in [-0.1, -0.05) is 29.4 Å². The minimum atomic E-state index is -0.294. The Hall–Kier alpha value is -3.22. The molecule has 1 fully saturated rings. The van der Waals surface area contributed by atoms with Crippen LogP contribution >= 0.6 is 0 Å². The molecule has 0 radical (unpaired) electrons. The van der Waals surface area contributed by atoms with Crippen molar-refractivity contribution >= 4 is 5.91 Å². The molecular formula is C22H22FN3O3. The highest BCUT2D eigenvalue weighted by Crippen LogP contribution is 2.35. The van der Waals surface area contributed by atoms with Gasteiger partial charge >= 0.3 is 0 Å². The molecule has 1 aliphatic heterocycles. The highest BCUT2D eigenvalue weighted by molar-refractivity contribution is 5.80. The first-order valence-electron chi connectivity index (χ1n) is 9.67. The predicted octanol–water partition coefficient (Wildman–Crippen LogP) is 4.35. The van der Waals surface area contributed by atoms with Crippen molar-refractivity contribution in [2.45, 2.75) is 32.2 Å². The molecule has 4 rings (SSSR count). The zero-order valence-electron chi connectivity index (χ0n) is 16.3. The molecule has 0 N–H and O–H groups in total. The summed E-state index contributed by atoms with van der Waals surface area (Å²) >= 11 is 0. The molecule has 0 spiro atoms. The molecule has 2 heterocycles. The van der Waals surface area contributed by atoms with Crippen LogP contribution in [-0.4, -0.2) is 34.1 Å². The van der Waals surface area contributed by atoms with Crippen molar-refractivity contribution in [1.82, 2.24) is 15.0 Å². The lowest BCUT2D eigenvalue weighted by molar-refractivity contribution is -0.129. The summed E-state index contributed by atoms with van der Waals surface area (Å²) in [5.41, 5.74) is 1.64. The lowest BCUT2D eigenvalue weighted by Crippen LogP contribution is -2.28. The van der Waals surface area contributed by atoms with E-state index in [2.05, 4.69) is 10.1 Å². The number of carbonyl (C=O) groups is 1. The number of hydrogen-bond acceptors (Lipinski definition) is 5. The molecule has 1 aliphatic rings. The Morgan fingerprint density at radius 1 is 1.24 bits per heavy atom. The number of halogens is 1. The highest BCUT2D eigenvalue weighted by atomic mass is 19.1. The SMILES string of the molecule is CCOc1ccccc1-c1noc(C2CC(=O)N(C(C)c3ccc(F)cc3)C2)n1. The van der Waals surface area contributed by atoms with Gasteiger partial charge in [-0.15, -0.1) is 0 Å². The van der Waals surface area contributed by atoms with Gasteiger partial charge in [0.2, 0.25) is 17.6 Å². The van der Waals surface area contributed by atoms with Crippen LogP contribution in [-0.2, 0) is 4.79 Å². The minimum Gasteiger partial charge on any atom is -0.493 e. The Labute approximate surface area is 168 Å². The van der Waals surface area contributed by atoms with Crippen molar-refractivity contribution in [3.63, 3.8) is 0 Å². The maximum absolute atomic E-state index is 13.2. The number of aromatic nitrogens is 2. The normalized spacial score (nSPS) is 17.6. The van der Waals surface area contributed by atoms with Crippen molar-refractivity contribution in [3.05, 3.63) is 65.8 Å². The number of likely N-dealkylation sites (tertiary alicyclic amines) is 1. The lowest BCUT2D eigenvalue weighted by atomic mass is 10.1. The van der Waals surface area contributed by atoms with Crippen LogP contribution in [0.2, 0.25) is 0 Å². The van der Waals surface area contributed by atoms with Gasteiger partial charge in [0.25, 0.3) is 0 Å². The standard InChI is InChI=1S/C22H22FN3O3/c1-3-28-19-7-5-4-6-18(19)21-24-22(29-25-21)16-12-20(27)26(13-16)14(2)15-8-10-17(23)11-9-15/h4-11,14,16H,3,12-13H2,1-2H3. The summed E-state index contributed by atoms with van der Waals surface area (Å²) in [4.78, 5) is 18.9. The van der Waals surface area contributed by atoms with Crippen LogP contribution in [0.1, 0.15) is 43.7 Å². The molecule has 2 atom stereocenters. The van der Waals surface area contributed by atoms with Gasteiger partial charge in [-0.05, 0) is 43.7 Å². The second-order valence-corrected chi connectivity index (χ2v) is 7.06. The van der Waals surface area contributed by atoms with E-state index in [9.17, 15) is 9.18 Å². The molecular weight excluding hydrogens is 373 g/mol. The first-order valence-corrected chi connectivity index (χ1v) is 9.67. The maximum atomic E-state index is 13.2. The van der Waals surface area contributed by atoms with Crippen molar-refractivity contribution in [2.24, 2.45) is 0 Å². The third-order valence-corrected chi connectivity index (χ3v) is 5.20. The van der Waals surface area contributed by atoms with E-state index in [1.165, 1.54) is 12.1 Å². The van der Waals surface area contributed by atoms with Crippen molar-refractivity contribution in [2.75, 3.05) is 13.2 Å². The Morgan fingerprint density at radius 3 is 2.76 bits per heavy atom. The van der Waals surface area contributed by atoms with Gasteiger partial charge < -0.3 is 14.2 Å². The number of ether oxygens (including phenoxy) is 1. The number of para-hydroxylation sites is 1. The summed E-state index contributed by atoms with van der Waals surface area (Å²) < 4.78 is 24.3. The third kappa shape index (κ3) is 3.85. The molecule has 2 aromatic carbocycles. The Morgan fingerprint density at radius 2 is 2.00 bits per heavy atom. The van der Waals surface area contributed by atoms with Gasteiger partial charge in [0.05, 0.1) is 24.1 Å². The fraction of sp³-hybridized carbons (Fsp3) is 0.318. The average Bonchev–Trinajstić information content (AvgIpc) is 3.36. The van der Waals surface area contributed by atoms with E-state index < -0.39 is 0 Å². The summed E-state index contributed by atoms with van der Waals surface area (Å²) in [7, 11) is 0. The second kappa shape index (κ2) is 8.03. The number of hydrogen-bond donors (Lipinski definition) is 0. The van der Waals surface area contributed by atoms with Gasteiger partial charge in [-0.25, -0.2) is 4.39 Å². The second-order valence-electron chi connectivity index (χ2n) is 7.06. The van der Waals surface area contributed by atoms with Gasteiger partial charge in [0.15, 0.2) is 0 Å². The van der Waals surface area contributed by atoms with Crippen molar-refractivity contribution in [1.29, 1.82) is 0 Å². The first-order chi connectivity index (χ1) is 14.1. The summed E-state index contributed by atoms with van der Waals surface area (Å²) in [6.45, 7) is 4.87. The molecule has 1 amide bonds. The van der Waals surface area contributed by atoms with Crippen LogP contribution in [0.5, 0.6) is 5.75 Å². The van der Waals surface area contributed by atoms with Gasteiger partial charge in [-0.2, -0.15) is 4.98 Å². The fourth-order valence-electron chi connectivity index (χ4n) is 3.64. The number of nitrogens with zero attached hydrogens (tertiary/aromatic N) is 3. The molecule has 150 valence electrons. The van der Waals surface area contributed by atoms with Crippen LogP contribution in [0.3, 0.4) is 0 Å².